The molecular formula is C52H41BN2. The first-order valence-electron chi connectivity index (χ1n) is 20.7. The Balaban J connectivity index is 1.10. The molecule has 0 bridgehead atoms. The normalized spacial score (nSPS) is 18.1. The summed E-state index contributed by atoms with van der Waals surface area (Å²) < 4.78 is 0. The number of hydrogen-bond donors (Lipinski definition) is 0. The van der Waals surface area contributed by atoms with Crippen LogP contribution in [-0.2, 0) is 10.8 Å². The molecule has 7 aromatic carbocycles. The highest BCUT2D eigenvalue weighted by atomic mass is 15.2. The zero-order valence-corrected chi connectivity index (χ0v) is 31.1. The Morgan fingerprint density at radius 1 is 0.382 bits per heavy atom. The van der Waals surface area contributed by atoms with Crippen LogP contribution in [0.3, 0.4) is 0 Å². The summed E-state index contributed by atoms with van der Waals surface area (Å²) >= 11 is 0. The van der Waals surface area contributed by atoms with Gasteiger partial charge in [-0.1, -0.05) is 129 Å². The first-order valence-corrected chi connectivity index (χ1v) is 20.7. The van der Waals surface area contributed by atoms with E-state index >= 15 is 0 Å². The van der Waals surface area contributed by atoms with E-state index in [-0.39, 0.29) is 17.5 Å². The first kappa shape index (κ1) is 30.5. The molecule has 0 N–H and O–H groups in total. The lowest BCUT2D eigenvalue weighted by molar-refractivity contribution is 0.550. The molecule has 0 saturated heterocycles. The largest absolute Gasteiger partial charge is 0.311 e. The number of fused-ring (bicyclic) bond motifs is 15. The molecule has 2 spiro atoms. The Bertz CT molecular complexity index is 2750. The summed E-state index contributed by atoms with van der Waals surface area (Å²) in [5.74, 6) is 0. The van der Waals surface area contributed by atoms with Crippen molar-refractivity contribution < 1.29 is 0 Å². The van der Waals surface area contributed by atoms with Crippen LogP contribution in [0.5, 0.6) is 0 Å². The molecule has 4 aliphatic carbocycles. The molecule has 2 nitrogen and oxygen atoms in total. The number of rotatable bonds is 2. The van der Waals surface area contributed by atoms with Gasteiger partial charge >= 0.3 is 0 Å². The molecule has 7 aromatic rings. The maximum atomic E-state index is 2.59. The number of benzene rings is 7. The highest BCUT2D eigenvalue weighted by Gasteiger charge is 2.51. The third-order valence-corrected chi connectivity index (χ3v) is 14.7. The Labute approximate surface area is 324 Å². The molecule has 2 saturated carbocycles. The van der Waals surface area contributed by atoms with Crippen molar-refractivity contribution in [3.8, 4) is 22.3 Å². The van der Waals surface area contributed by atoms with Crippen LogP contribution in [-0.4, -0.2) is 6.71 Å². The van der Waals surface area contributed by atoms with Gasteiger partial charge in [0.15, 0.2) is 0 Å². The highest BCUT2D eigenvalue weighted by Crippen LogP contribution is 2.60. The lowest BCUT2D eigenvalue weighted by Gasteiger charge is -2.45. The second-order valence-electron chi connectivity index (χ2n) is 17.0. The second-order valence-corrected chi connectivity index (χ2v) is 17.0. The minimum atomic E-state index is 0.102. The van der Waals surface area contributed by atoms with Gasteiger partial charge in [0, 0.05) is 45.0 Å². The predicted octanol–water partition coefficient (Wildman–Crippen LogP) is 11.5. The van der Waals surface area contributed by atoms with E-state index in [0.29, 0.717) is 0 Å². The molecule has 2 fully saturated rings. The van der Waals surface area contributed by atoms with Gasteiger partial charge < -0.3 is 9.80 Å². The Morgan fingerprint density at radius 3 is 1.69 bits per heavy atom. The van der Waals surface area contributed by atoms with Crippen LogP contribution in [0.4, 0.5) is 34.1 Å². The van der Waals surface area contributed by atoms with Crippen LogP contribution < -0.4 is 26.2 Å². The van der Waals surface area contributed by atoms with Crippen molar-refractivity contribution in [2.45, 2.75) is 62.2 Å². The second kappa shape index (κ2) is 10.9. The maximum absolute atomic E-state index is 2.59. The minimum Gasteiger partial charge on any atom is -0.311 e. The van der Waals surface area contributed by atoms with Crippen molar-refractivity contribution in [1.29, 1.82) is 0 Å². The van der Waals surface area contributed by atoms with Crippen molar-refractivity contribution in [2.75, 3.05) is 9.80 Å². The Morgan fingerprint density at radius 2 is 0.927 bits per heavy atom. The summed E-state index contributed by atoms with van der Waals surface area (Å²) in [5.41, 5.74) is 24.1. The molecule has 3 heteroatoms. The molecule has 0 aromatic heterocycles. The monoisotopic (exact) mass is 704 g/mol. The van der Waals surface area contributed by atoms with Crippen molar-refractivity contribution >= 4 is 57.2 Å². The molecule has 55 heavy (non-hydrogen) atoms. The zero-order chi connectivity index (χ0) is 35.9. The van der Waals surface area contributed by atoms with Crippen molar-refractivity contribution in [1.82, 2.24) is 0 Å². The van der Waals surface area contributed by atoms with E-state index in [0.717, 1.165) is 0 Å². The number of para-hydroxylation sites is 2. The zero-order valence-electron chi connectivity index (χ0n) is 31.1. The Kier molecular flexibility index (Phi) is 6.06. The van der Waals surface area contributed by atoms with Gasteiger partial charge in [-0.3, -0.25) is 0 Å². The van der Waals surface area contributed by atoms with E-state index < -0.39 is 0 Å². The average molecular weight is 705 g/mol. The molecule has 2 heterocycles. The summed E-state index contributed by atoms with van der Waals surface area (Å²) in [7, 11) is 0. The Hall–Kier alpha value is -5.80. The van der Waals surface area contributed by atoms with E-state index in [2.05, 4.69) is 161 Å². The smallest absolute Gasteiger partial charge is 0.252 e. The number of hydrogen-bond acceptors (Lipinski definition) is 2. The summed E-state index contributed by atoms with van der Waals surface area (Å²) in [4.78, 5) is 5.17. The fourth-order valence-corrected chi connectivity index (χ4v) is 12.7. The standard InChI is InChI=1S/C52H41BN2/c1-2-15-34(16-3-1)54-45-23-14-24-46-49(45)53(50-47(54)28-27-42-48(50)37-18-5-7-20-40(37)52(42)31-12-13-32-52)43-21-8-9-22-44(43)55(46)35-25-26-41-38(33-35)36-17-4-6-19-39(36)51(41)29-10-11-30-51/h1-9,14-28,33H,10-13,29-32H2. The molecule has 262 valence electrons. The van der Waals surface area contributed by atoms with Crippen molar-refractivity contribution in [2.24, 2.45) is 0 Å². The lowest BCUT2D eigenvalue weighted by Crippen LogP contribution is -2.62. The molecule has 0 atom stereocenters. The molecule has 0 amide bonds. The van der Waals surface area contributed by atoms with E-state index in [1.807, 2.05) is 0 Å². The van der Waals surface area contributed by atoms with Crippen LogP contribution in [0, 0.1) is 0 Å². The lowest BCUT2D eigenvalue weighted by atomic mass is 9.32. The summed E-state index contributed by atoms with van der Waals surface area (Å²) in [6, 6.07) is 58.6. The quantitative estimate of drug-likeness (QED) is 0.165. The molecule has 0 radical (unpaired) electrons. The van der Waals surface area contributed by atoms with Gasteiger partial charge in [-0.2, -0.15) is 0 Å². The van der Waals surface area contributed by atoms with Gasteiger partial charge in [0.1, 0.15) is 0 Å². The summed E-state index contributed by atoms with van der Waals surface area (Å²) in [5, 5.41) is 0. The molecule has 0 unspecified atom stereocenters. The van der Waals surface area contributed by atoms with Gasteiger partial charge in [0.25, 0.3) is 6.71 Å². The van der Waals surface area contributed by atoms with E-state index in [9.17, 15) is 0 Å². The highest BCUT2D eigenvalue weighted by molar-refractivity contribution is 7.01. The van der Waals surface area contributed by atoms with Gasteiger partial charge in [-0.25, -0.2) is 0 Å². The van der Waals surface area contributed by atoms with Crippen LogP contribution in [0.1, 0.15) is 73.6 Å². The maximum Gasteiger partial charge on any atom is 0.252 e. The fourth-order valence-electron chi connectivity index (χ4n) is 12.7. The predicted molar refractivity (Wildman–Crippen MR) is 230 cm³/mol. The van der Waals surface area contributed by atoms with Gasteiger partial charge in [-0.15, -0.1) is 0 Å². The SMILES string of the molecule is c1ccc(N2c3cccc4c3B(c3ccccc3N4c3ccc4c(c3)-c3ccccc3C43CCCC3)c3c2ccc2c3-c3ccccc3C23CCCC3)cc1. The topological polar surface area (TPSA) is 6.48 Å². The van der Waals surface area contributed by atoms with Gasteiger partial charge in [0.05, 0.1) is 0 Å². The van der Waals surface area contributed by atoms with E-state index in [1.54, 1.807) is 16.7 Å². The van der Waals surface area contributed by atoms with Crippen LogP contribution in [0.2, 0.25) is 0 Å². The van der Waals surface area contributed by atoms with Crippen molar-refractivity contribution in [3.63, 3.8) is 0 Å². The summed E-state index contributed by atoms with van der Waals surface area (Å²) in [6.45, 7) is 0.102. The van der Waals surface area contributed by atoms with Gasteiger partial charge in [-0.05, 0) is 135 Å². The third-order valence-electron chi connectivity index (χ3n) is 14.7. The van der Waals surface area contributed by atoms with Crippen LogP contribution in [0.25, 0.3) is 22.3 Å². The number of anilines is 6. The van der Waals surface area contributed by atoms with Crippen LogP contribution in [0.15, 0.2) is 152 Å². The molecular weight excluding hydrogens is 663 g/mol. The number of nitrogens with zero attached hydrogens (tertiary/aromatic N) is 2. The van der Waals surface area contributed by atoms with E-state index in [1.165, 1.54) is 130 Å². The molecule has 13 rings (SSSR count). The van der Waals surface area contributed by atoms with Gasteiger partial charge in [0.2, 0.25) is 0 Å². The summed E-state index contributed by atoms with van der Waals surface area (Å²) in [6.07, 6.45) is 10.2. The first-order chi connectivity index (χ1) is 27.3. The van der Waals surface area contributed by atoms with Crippen LogP contribution >= 0.6 is 0 Å². The minimum absolute atomic E-state index is 0.102. The molecule has 6 aliphatic rings. The third kappa shape index (κ3) is 3.77. The average Bonchev–Trinajstić information content (AvgIpc) is 4.05. The van der Waals surface area contributed by atoms with Crippen molar-refractivity contribution in [3.05, 3.63) is 174 Å². The fraction of sp³-hybridized carbons (Fsp3) is 0.192. The van der Waals surface area contributed by atoms with E-state index in [4.69, 9.17) is 0 Å². The molecule has 2 aliphatic heterocycles.